The zero-order chi connectivity index (χ0) is 14.8. The first-order valence-corrected chi connectivity index (χ1v) is 6.93. The molecule has 0 aromatic heterocycles. The Hall–Kier alpha value is -1.23. The number of halogens is 3. The van der Waals surface area contributed by atoms with E-state index in [1.807, 2.05) is 38.1 Å². The molecule has 1 heterocycles. The highest BCUT2D eigenvalue weighted by atomic mass is 19.4. The van der Waals surface area contributed by atoms with E-state index in [4.69, 9.17) is 4.74 Å². The van der Waals surface area contributed by atoms with E-state index in [0.29, 0.717) is 12.3 Å². The fourth-order valence-electron chi connectivity index (χ4n) is 2.55. The average Bonchev–Trinajstić information content (AvgIpc) is 2.37. The zero-order valence-corrected chi connectivity index (χ0v) is 11.7. The lowest BCUT2D eigenvalue weighted by atomic mass is 9.88. The number of ether oxygens (including phenoxy) is 1. The van der Waals surface area contributed by atoms with Crippen LogP contribution in [0.5, 0.6) is 5.75 Å². The maximum Gasteiger partial charge on any atom is 0.391 e. The van der Waals surface area contributed by atoms with Crippen LogP contribution in [-0.2, 0) is 0 Å². The topological polar surface area (TPSA) is 21.3 Å². The van der Waals surface area contributed by atoms with Crippen LogP contribution < -0.4 is 10.1 Å². The molecular weight excluding hydrogens is 267 g/mol. The van der Waals surface area contributed by atoms with Crippen LogP contribution in [0.2, 0.25) is 0 Å². The highest BCUT2D eigenvalue weighted by molar-refractivity contribution is 5.31. The van der Waals surface area contributed by atoms with Gasteiger partial charge in [0.05, 0.1) is 12.0 Å². The molecule has 1 aromatic rings. The van der Waals surface area contributed by atoms with Gasteiger partial charge in [0, 0.05) is 6.04 Å². The normalized spacial score (nSPS) is 23.9. The van der Waals surface area contributed by atoms with Crippen molar-refractivity contribution in [2.45, 2.75) is 45.0 Å². The van der Waals surface area contributed by atoms with E-state index in [-0.39, 0.29) is 25.0 Å². The summed E-state index contributed by atoms with van der Waals surface area (Å²) in [6.07, 6.45) is -3.81. The van der Waals surface area contributed by atoms with E-state index in [1.165, 1.54) is 0 Å². The van der Waals surface area contributed by atoms with Crippen molar-refractivity contribution in [3.63, 3.8) is 0 Å². The summed E-state index contributed by atoms with van der Waals surface area (Å²) in [5, 5.41) is 3.16. The van der Waals surface area contributed by atoms with Gasteiger partial charge >= 0.3 is 6.18 Å². The van der Waals surface area contributed by atoms with Crippen LogP contribution in [-0.4, -0.2) is 18.8 Å². The van der Waals surface area contributed by atoms with E-state index in [2.05, 4.69) is 5.32 Å². The van der Waals surface area contributed by atoms with Gasteiger partial charge in [0.25, 0.3) is 0 Å². The molecule has 5 heteroatoms. The van der Waals surface area contributed by atoms with Crippen molar-refractivity contribution in [2.24, 2.45) is 5.92 Å². The van der Waals surface area contributed by atoms with Crippen LogP contribution in [0.1, 0.15) is 38.3 Å². The molecule has 0 aliphatic carbocycles. The van der Waals surface area contributed by atoms with Gasteiger partial charge in [0.1, 0.15) is 5.75 Å². The Bertz CT molecular complexity index is 445. The van der Waals surface area contributed by atoms with Gasteiger partial charge < -0.3 is 10.1 Å². The Labute approximate surface area is 117 Å². The molecule has 2 unspecified atom stereocenters. The van der Waals surface area contributed by atoms with Crippen molar-refractivity contribution in [3.8, 4) is 5.75 Å². The van der Waals surface area contributed by atoms with Gasteiger partial charge in [-0.3, -0.25) is 0 Å². The van der Waals surface area contributed by atoms with Gasteiger partial charge in [-0.05, 0) is 50.9 Å². The summed E-state index contributed by atoms with van der Waals surface area (Å²) >= 11 is 0. The number of piperidine rings is 1. The lowest BCUT2D eigenvalue weighted by Gasteiger charge is -2.32. The van der Waals surface area contributed by atoms with Crippen LogP contribution in [0.25, 0.3) is 0 Å². The molecule has 0 saturated carbocycles. The maximum absolute atomic E-state index is 12.8. The molecule has 1 fully saturated rings. The molecule has 2 atom stereocenters. The SMILES string of the molecule is CC(C)Oc1cccc(C2CC(C(F)(F)F)CCN2)c1. The van der Waals surface area contributed by atoms with Crippen molar-refractivity contribution in [1.29, 1.82) is 0 Å². The smallest absolute Gasteiger partial charge is 0.391 e. The van der Waals surface area contributed by atoms with Crippen LogP contribution in [0.15, 0.2) is 24.3 Å². The Balaban J connectivity index is 2.11. The van der Waals surface area contributed by atoms with Crippen molar-refractivity contribution in [1.82, 2.24) is 5.32 Å². The van der Waals surface area contributed by atoms with Gasteiger partial charge in [-0.1, -0.05) is 12.1 Å². The minimum atomic E-state index is -4.10. The number of hydrogen-bond donors (Lipinski definition) is 1. The molecule has 1 aliphatic heterocycles. The molecular formula is C15H20F3NO. The van der Waals surface area contributed by atoms with Gasteiger partial charge in [0.2, 0.25) is 0 Å². The minimum absolute atomic E-state index is 0.0486. The van der Waals surface area contributed by atoms with Crippen molar-refractivity contribution < 1.29 is 17.9 Å². The Morgan fingerprint density at radius 3 is 2.70 bits per heavy atom. The number of alkyl halides is 3. The lowest BCUT2D eigenvalue weighted by molar-refractivity contribution is -0.183. The standard InChI is InChI=1S/C15H20F3NO/c1-10(2)20-13-5-3-4-11(8-13)14-9-12(6-7-19-14)15(16,17)18/h3-5,8,10,12,14,19H,6-7,9H2,1-2H3. The molecule has 0 spiro atoms. The quantitative estimate of drug-likeness (QED) is 0.904. The summed E-state index contributed by atoms with van der Waals surface area (Å²) in [5.74, 6) is -0.517. The Kier molecular flexibility index (Phi) is 4.58. The second-order valence-corrected chi connectivity index (χ2v) is 5.51. The monoisotopic (exact) mass is 287 g/mol. The van der Waals surface area contributed by atoms with E-state index < -0.39 is 12.1 Å². The molecule has 20 heavy (non-hydrogen) atoms. The molecule has 1 saturated heterocycles. The summed E-state index contributed by atoms with van der Waals surface area (Å²) in [6.45, 7) is 4.24. The third-order valence-electron chi connectivity index (χ3n) is 3.50. The predicted octanol–water partition coefficient (Wildman–Crippen LogP) is 4.08. The van der Waals surface area contributed by atoms with Crippen LogP contribution in [0, 0.1) is 5.92 Å². The van der Waals surface area contributed by atoms with Gasteiger partial charge in [0.15, 0.2) is 0 Å². The Morgan fingerprint density at radius 1 is 1.30 bits per heavy atom. The van der Waals surface area contributed by atoms with Crippen LogP contribution >= 0.6 is 0 Å². The zero-order valence-electron chi connectivity index (χ0n) is 11.7. The van der Waals surface area contributed by atoms with E-state index >= 15 is 0 Å². The van der Waals surface area contributed by atoms with Crippen molar-refractivity contribution in [3.05, 3.63) is 29.8 Å². The fourth-order valence-corrected chi connectivity index (χ4v) is 2.55. The third kappa shape index (κ3) is 3.88. The highest BCUT2D eigenvalue weighted by Gasteiger charge is 2.42. The first kappa shape index (κ1) is 15.2. The second kappa shape index (κ2) is 6.04. The Morgan fingerprint density at radius 2 is 2.05 bits per heavy atom. The first-order chi connectivity index (χ1) is 9.36. The van der Waals surface area contributed by atoms with Gasteiger partial charge in [-0.2, -0.15) is 13.2 Å². The number of hydrogen-bond acceptors (Lipinski definition) is 2. The summed E-state index contributed by atoms with van der Waals surface area (Å²) in [6, 6.07) is 7.07. The highest BCUT2D eigenvalue weighted by Crippen LogP contribution is 2.38. The molecule has 1 aliphatic rings. The molecule has 0 amide bonds. The predicted molar refractivity (Wildman–Crippen MR) is 71.7 cm³/mol. The fraction of sp³-hybridized carbons (Fsp3) is 0.600. The summed E-state index contributed by atoms with van der Waals surface area (Å²) in [5.41, 5.74) is 0.858. The van der Waals surface area contributed by atoms with Crippen molar-refractivity contribution in [2.75, 3.05) is 6.54 Å². The molecule has 1 N–H and O–H groups in total. The number of benzene rings is 1. The molecule has 0 radical (unpaired) electrons. The van der Waals surface area contributed by atoms with Crippen LogP contribution in [0.4, 0.5) is 13.2 Å². The van der Waals surface area contributed by atoms with E-state index in [1.54, 1.807) is 0 Å². The lowest BCUT2D eigenvalue weighted by Crippen LogP contribution is -2.38. The largest absolute Gasteiger partial charge is 0.491 e. The summed E-state index contributed by atoms with van der Waals surface area (Å²) < 4.78 is 44.1. The van der Waals surface area contributed by atoms with E-state index in [0.717, 1.165) is 5.56 Å². The first-order valence-electron chi connectivity index (χ1n) is 6.93. The molecule has 2 nitrogen and oxygen atoms in total. The van der Waals surface area contributed by atoms with E-state index in [9.17, 15) is 13.2 Å². The third-order valence-corrected chi connectivity index (χ3v) is 3.50. The molecule has 0 bridgehead atoms. The number of nitrogens with one attached hydrogen (secondary N) is 1. The second-order valence-electron chi connectivity index (χ2n) is 5.51. The minimum Gasteiger partial charge on any atom is -0.491 e. The molecule has 112 valence electrons. The molecule has 2 rings (SSSR count). The van der Waals surface area contributed by atoms with Gasteiger partial charge in [-0.15, -0.1) is 0 Å². The summed E-state index contributed by atoms with van der Waals surface area (Å²) in [4.78, 5) is 0. The number of rotatable bonds is 3. The maximum atomic E-state index is 12.8. The van der Waals surface area contributed by atoms with Crippen molar-refractivity contribution >= 4 is 0 Å². The molecule has 1 aromatic carbocycles. The van der Waals surface area contributed by atoms with Crippen LogP contribution in [0.3, 0.4) is 0 Å². The van der Waals surface area contributed by atoms with Gasteiger partial charge in [-0.25, -0.2) is 0 Å². The average molecular weight is 287 g/mol. The summed E-state index contributed by atoms with van der Waals surface area (Å²) in [7, 11) is 0.